The summed E-state index contributed by atoms with van der Waals surface area (Å²) in [6.45, 7) is 5.63. The van der Waals surface area contributed by atoms with Crippen LogP contribution in [0, 0.1) is 0 Å². The number of benzene rings is 1. The van der Waals surface area contributed by atoms with Crippen molar-refractivity contribution in [1.29, 1.82) is 0 Å². The lowest BCUT2D eigenvalue weighted by molar-refractivity contribution is -0.138. The first-order valence-electron chi connectivity index (χ1n) is 8.37. The number of methoxy groups -OCH3 is 1. The van der Waals surface area contributed by atoms with Crippen LogP contribution in [-0.2, 0) is 19.1 Å². The first kappa shape index (κ1) is 19.5. The number of esters is 2. The predicted molar refractivity (Wildman–Crippen MR) is 105 cm³/mol. The van der Waals surface area contributed by atoms with Gasteiger partial charge in [0.1, 0.15) is 4.91 Å². The van der Waals surface area contributed by atoms with Crippen molar-refractivity contribution >= 4 is 40.5 Å². The first-order chi connectivity index (χ1) is 12.9. The van der Waals surface area contributed by atoms with Crippen LogP contribution < -0.4 is 0 Å². The average molecular weight is 407 g/mol. The molecule has 2 aliphatic heterocycles. The van der Waals surface area contributed by atoms with Crippen molar-refractivity contribution in [1.82, 2.24) is 4.90 Å². The molecule has 0 N–H and O–H groups in total. The average Bonchev–Trinajstić information content (AvgIpc) is 2.97. The highest BCUT2D eigenvalue weighted by atomic mass is 35.5. The molecule has 142 valence electrons. The zero-order chi connectivity index (χ0) is 19.7. The van der Waals surface area contributed by atoms with Crippen LogP contribution >= 0.6 is 23.4 Å². The van der Waals surface area contributed by atoms with E-state index in [1.165, 1.54) is 18.9 Å². The molecule has 2 heterocycles. The SMILES string of the molecule is CCOC(=O)C1=C(C)N2C(=NC(C)=C(C(=O)OC)C2c2ccc(Cl)cc2)S1. The van der Waals surface area contributed by atoms with Crippen LogP contribution in [0.3, 0.4) is 0 Å². The van der Waals surface area contributed by atoms with E-state index in [1.807, 2.05) is 24.0 Å². The predicted octanol–water partition coefficient (Wildman–Crippen LogP) is 4.04. The molecule has 1 unspecified atom stereocenters. The number of nitrogens with zero attached hydrogens (tertiary/aromatic N) is 2. The summed E-state index contributed by atoms with van der Waals surface area (Å²) in [6.07, 6.45) is 0. The molecule has 27 heavy (non-hydrogen) atoms. The van der Waals surface area contributed by atoms with Gasteiger partial charge in [-0.05, 0) is 50.2 Å². The first-order valence-corrected chi connectivity index (χ1v) is 9.56. The molecule has 1 aromatic rings. The summed E-state index contributed by atoms with van der Waals surface area (Å²) in [6, 6.07) is 6.77. The van der Waals surface area contributed by atoms with E-state index >= 15 is 0 Å². The number of amidine groups is 1. The van der Waals surface area contributed by atoms with Gasteiger partial charge in [-0.15, -0.1) is 0 Å². The highest BCUT2D eigenvalue weighted by molar-refractivity contribution is 8.18. The summed E-state index contributed by atoms with van der Waals surface area (Å²) >= 11 is 7.28. The number of aliphatic imine (C=N–C) groups is 1. The second-order valence-corrected chi connectivity index (χ2v) is 7.36. The van der Waals surface area contributed by atoms with E-state index in [4.69, 9.17) is 21.1 Å². The molecule has 3 rings (SSSR count). The van der Waals surface area contributed by atoms with Gasteiger partial charge in [-0.1, -0.05) is 23.7 Å². The van der Waals surface area contributed by atoms with Crippen LogP contribution in [0.1, 0.15) is 32.4 Å². The van der Waals surface area contributed by atoms with Crippen LogP contribution in [-0.4, -0.2) is 35.7 Å². The van der Waals surface area contributed by atoms with Crippen molar-refractivity contribution in [2.75, 3.05) is 13.7 Å². The number of fused-ring (bicyclic) bond motifs is 1. The number of thioether (sulfide) groups is 1. The smallest absolute Gasteiger partial charge is 0.346 e. The quantitative estimate of drug-likeness (QED) is 0.703. The third-order valence-electron chi connectivity index (χ3n) is 4.33. The summed E-state index contributed by atoms with van der Waals surface area (Å²) in [5, 5.41) is 1.22. The van der Waals surface area contributed by atoms with Gasteiger partial charge in [0.2, 0.25) is 0 Å². The molecule has 0 spiro atoms. The van der Waals surface area contributed by atoms with Gasteiger partial charge in [0.25, 0.3) is 0 Å². The number of carbonyl (C=O) groups excluding carboxylic acids is 2. The van der Waals surface area contributed by atoms with E-state index in [0.717, 1.165) is 5.56 Å². The topological polar surface area (TPSA) is 68.2 Å². The fourth-order valence-electron chi connectivity index (χ4n) is 3.09. The summed E-state index contributed by atoms with van der Waals surface area (Å²) in [5.74, 6) is -0.859. The summed E-state index contributed by atoms with van der Waals surface area (Å²) in [7, 11) is 1.34. The molecule has 2 aliphatic rings. The van der Waals surface area contributed by atoms with Gasteiger partial charge in [-0.3, -0.25) is 0 Å². The Kier molecular flexibility index (Phi) is 5.62. The van der Waals surface area contributed by atoms with Gasteiger partial charge in [0, 0.05) is 10.7 Å². The van der Waals surface area contributed by atoms with Crippen LogP contribution in [0.15, 0.2) is 51.1 Å². The summed E-state index contributed by atoms with van der Waals surface area (Å²) in [4.78, 5) is 31.7. The van der Waals surface area contributed by atoms with Crippen molar-refractivity contribution < 1.29 is 19.1 Å². The largest absolute Gasteiger partial charge is 0.466 e. The Balaban J connectivity index is 2.15. The van der Waals surface area contributed by atoms with Gasteiger partial charge in [0.15, 0.2) is 5.17 Å². The molecule has 0 amide bonds. The molecule has 0 fully saturated rings. The number of ether oxygens (including phenoxy) is 2. The molecule has 6 nitrogen and oxygen atoms in total. The molecular formula is C19H19ClN2O4S. The summed E-state index contributed by atoms with van der Waals surface area (Å²) in [5.41, 5.74) is 2.51. The van der Waals surface area contributed by atoms with Gasteiger partial charge in [-0.25, -0.2) is 14.6 Å². The Morgan fingerprint density at radius 2 is 1.89 bits per heavy atom. The number of carbonyl (C=O) groups is 2. The number of rotatable bonds is 4. The van der Waals surface area contributed by atoms with Crippen molar-refractivity contribution in [3.8, 4) is 0 Å². The molecule has 0 radical (unpaired) electrons. The fraction of sp³-hybridized carbons (Fsp3) is 0.316. The number of halogens is 1. The Hall–Kier alpha value is -2.25. The van der Waals surface area contributed by atoms with E-state index in [9.17, 15) is 9.59 Å². The van der Waals surface area contributed by atoms with E-state index in [1.54, 1.807) is 26.0 Å². The van der Waals surface area contributed by atoms with E-state index < -0.39 is 18.0 Å². The van der Waals surface area contributed by atoms with E-state index in [0.29, 0.717) is 32.1 Å². The fourth-order valence-corrected chi connectivity index (χ4v) is 4.31. The molecule has 1 atom stereocenters. The highest BCUT2D eigenvalue weighted by Crippen LogP contribution is 2.47. The Morgan fingerprint density at radius 1 is 1.22 bits per heavy atom. The molecule has 0 saturated heterocycles. The van der Waals surface area contributed by atoms with Crippen molar-refractivity contribution in [2.24, 2.45) is 4.99 Å². The van der Waals surface area contributed by atoms with Gasteiger partial charge in [0.05, 0.1) is 31.0 Å². The maximum Gasteiger partial charge on any atom is 0.346 e. The second kappa shape index (κ2) is 7.78. The van der Waals surface area contributed by atoms with Crippen LogP contribution in [0.25, 0.3) is 0 Å². The van der Waals surface area contributed by atoms with Gasteiger partial charge in [-0.2, -0.15) is 0 Å². The number of hydrogen-bond acceptors (Lipinski definition) is 7. The lowest BCUT2D eigenvalue weighted by atomic mass is 9.94. The molecule has 0 bridgehead atoms. The van der Waals surface area contributed by atoms with Crippen molar-refractivity contribution in [2.45, 2.75) is 26.8 Å². The van der Waals surface area contributed by atoms with Gasteiger partial charge >= 0.3 is 11.9 Å². The van der Waals surface area contributed by atoms with E-state index in [2.05, 4.69) is 4.99 Å². The third-order valence-corrected chi connectivity index (χ3v) is 5.71. The zero-order valence-electron chi connectivity index (χ0n) is 15.4. The van der Waals surface area contributed by atoms with Crippen molar-refractivity contribution in [3.63, 3.8) is 0 Å². The van der Waals surface area contributed by atoms with E-state index in [-0.39, 0.29) is 6.61 Å². The lowest BCUT2D eigenvalue weighted by Gasteiger charge is -2.35. The second-order valence-electron chi connectivity index (χ2n) is 5.95. The molecule has 8 heteroatoms. The minimum atomic E-state index is -0.471. The number of hydrogen-bond donors (Lipinski definition) is 0. The zero-order valence-corrected chi connectivity index (χ0v) is 17.0. The number of allylic oxidation sites excluding steroid dienone is 2. The molecular weight excluding hydrogens is 388 g/mol. The third kappa shape index (κ3) is 3.49. The normalized spacial score (nSPS) is 19.1. The lowest BCUT2D eigenvalue weighted by Crippen LogP contribution is -2.36. The molecule has 0 saturated carbocycles. The van der Waals surface area contributed by atoms with Crippen LogP contribution in [0.5, 0.6) is 0 Å². The maximum absolute atomic E-state index is 12.5. The van der Waals surface area contributed by atoms with Gasteiger partial charge < -0.3 is 14.4 Å². The van der Waals surface area contributed by atoms with Crippen LogP contribution in [0.2, 0.25) is 5.02 Å². The Bertz CT molecular complexity index is 889. The minimum absolute atomic E-state index is 0.286. The molecule has 0 aromatic heterocycles. The molecule has 0 aliphatic carbocycles. The highest BCUT2D eigenvalue weighted by Gasteiger charge is 2.43. The monoisotopic (exact) mass is 406 g/mol. The van der Waals surface area contributed by atoms with Crippen molar-refractivity contribution in [3.05, 3.63) is 56.7 Å². The summed E-state index contributed by atoms with van der Waals surface area (Å²) < 4.78 is 10.2. The Morgan fingerprint density at radius 3 is 2.48 bits per heavy atom. The Labute approximate surface area is 166 Å². The van der Waals surface area contributed by atoms with Crippen LogP contribution in [0.4, 0.5) is 0 Å². The minimum Gasteiger partial charge on any atom is -0.466 e. The maximum atomic E-state index is 12.5. The molecule has 1 aromatic carbocycles. The standard InChI is InChI=1S/C19H19ClN2O4S/c1-5-26-18(24)16-11(3)22-15(12-6-8-13(20)9-7-12)14(17(23)25-4)10(2)21-19(22)27-16/h6-9,15H,5H2,1-4H3.